The molecule has 3 heterocycles. The number of hydrogen-bond donors (Lipinski definition) is 2. The number of aryl methyl sites for hydroxylation is 1. The van der Waals surface area contributed by atoms with E-state index in [-0.39, 0.29) is 17.9 Å². The largest absolute Gasteiger partial charge is 0.449 e. The highest BCUT2D eigenvalue weighted by Gasteiger charge is 2.29. The molecule has 25 heavy (non-hydrogen) atoms. The number of hydrogen-bond acceptors (Lipinski definition) is 5. The molecule has 1 saturated heterocycles. The van der Waals surface area contributed by atoms with E-state index in [1.54, 1.807) is 11.0 Å². The van der Waals surface area contributed by atoms with Gasteiger partial charge in [0.05, 0.1) is 0 Å². The second kappa shape index (κ2) is 7.65. The number of nitrogens with one attached hydrogen (secondary N) is 1. The van der Waals surface area contributed by atoms with Crippen molar-refractivity contribution in [1.82, 2.24) is 15.2 Å². The first-order chi connectivity index (χ1) is 12.1. The van der Waals surface area contributed by atoms with E-state index in [4.69, 9.17) is 10.2 Å². The minimum atomic E-state index is -0.145. The number of aromatic nitrogens is 1. The molecular formula is C18H24N4O3. The van der Waals surface area contributed by atoms with E-state index in [0.29, 0.717) is 42.9 Å². The van der Waals surface area contributed by atoms with Gasteiger partial charge in [-0.3, -0.25) is 9.59 Å². The second-order valence-electron chi connectivity index (χ2n) is 6.44. The SMILES string of the molecule is Cc1ccc2oc(C(=O)N3CCCCC3CNC(=O)CCN)cc2n1. The summed E-state index contributed by atoms with van der Waals surface area (Å²) in [5.41, 5.74) is 7.57. The molecule has 3 rings (SSSR count). The molecule has 0 saturated carbocycles. The van der Waals surface area contributed by atoms with Gasteiger partial charge in [0.25, 0.3) is 5.91 Å². The average Bonchev–Trinajstić information content (AvgIpc) is 3.03. The third kappa shape index (κ3) is 3.99. The maximum absolute atomic E-state index is 12.9. The lowest BCUT2D eigenvalue weighted by Crippen LogP contribution is -2.49. The van der Waals surface area contributed by atoms with Gasteiger partial charge < -0.3 is 20.4 Å². The molecule has 0 spiro atoms. The molecule has 0 aliphatic carbocycles. The molecule has 3 N–H and O–H groups in total. The summed E-state index contributed by atoms with van der Waals surface area (Å²) >= 11 is 0. The van der Waals surface area contributed by atoms with Crippen molar-refractivity contribution in [2.75, 3.05) is 19.6 Å². The van der Waals surface area contributed by atoms with Crippen LogP contribution in [0.2, 0.25) is 0 Å². The zero-order valence-electron chi connectivity index (χ0n) is 14.5. The number of piperidine rings is 1. The van der Waals surface area contributed by atoms with Gasteiger partial charge in [-0.05, 0) is 38.3 Å². The summed E-state index contributed by atoms with van der Waals surface area (Å²) in [4.78, 5) is 30.8. The van der Waals surface area contributed by atoms with Gasteiger partial charge in [-0.1, -0.05) is 0 Å². The molecule has 1 atom stereocenters. The maximum Gasteiger partial charge on any atom is 0.289 e. The van der Waals surface area contributed by atoms with Crippen molar-refractivity contribution in [1.29, 1.82) is 0 Å². The van der Waals surface area contributed by atoms with Crippen molar-refractivity contribution in [3.05, 3.63) is 29.7 Å². The van der Waals surface area contributed by atoms with Crippen molar-refractivity contribution in [2.45, 2.75) is 38.6 Å². The van der Waals surface area contributed by atoms with Crippen LogP contribution in [0, 0.1) is 6.92 Å². The number of furan rings is 1. The van der Waals surface area contributed by atoms with Crippen molar-refractivity contribution in [3.8, 4) is 0 Å². The Morgan fingerprint density at radius 2 is 2.24 bits per heavy atom. The molecule has 1 fully saturated rings. The molecule has 1 aliphatic heterocycles. The van der Waals surface area contributed by atoms with Crippen molar-refractivity contribution >= 4 is 22.9 Å². The minimum Gasteiger partial charge on any atom is -0.449 e. The Morgan fingerprint density at radius 3 is 3.04 bits per heavy atom. The molecule has 7 heteroatoms. The van der Waals surface area contributed by atoms with Crippen LogP contribution in [0.1, 0.15) is 41.9 Å². The molecule has 0 aromatic carbocycles. The summed E-state index contributed by atoms with van der Waals surface area (Å²) < 4.78 is 5.69. The summed E-state index contributed by atoms with van der Waals surface area (Å²) in [6.07, 6.45) is 3.17. The van der Waals surface area contributed by atoms with Crippen LogP contribution in [0.4, 0.5) is 0 Å². The van der Waals surface area contributed by atoms with E-state index < -0.39 is 0 Å². The third-order valence-electron chi connectivity index (χ3n) is 4.52. The van der Waals surface area contributed by atoms with Crippen molar-refractivity contribution in [2.24, 2.45) is 5.73 Å². The molecule has 0 bridgehead atoms. The zero-order chi connectivity index (χ0) is 17.8. The lowest BCUT2D eigenvalue weighted by molar-refractivity contribution is -0.121. The van der Waals surface area contributed by atoms with Crippen molar-refractivity contribution < 1.29 is 14.0 Å². The molecule has 134 valence electrons. The summed E-state index contributed by atoms with van der Waals surface area (Å²) in [5, 5.41) is 2.87. The van der Waals surface area contributed by atoms with E-state index >= 15 is 0 Å². The van der Waals surface area contributed by atoms with Gasteiger partial charge in [0.15, 0.2) is 11.3 Å². The van der Waals surface area contributed by atoms with Gasteiger partial charge in [-0.25, -0.2) is 4.98 Å². The smallest absolute Gasteiger partial charge is 0.289 e. The third-order valence-corrected chi connectivity index (χ3v) is 4.52. The lowest BCUT2D eigenvalue weighted by Gasteiger charge is -2.35. The summed E-state index contributed by atoms with van der Waals surface area (Å²) in [7, 11) is 0. The van der Waals surface area contributed by atoms with Crippen LogP contribution < -0.4 is 11.1 Å². The second-order valence-corrected chi connectivity index (χ2v) is 6.44. The Hall–Kier alpha value is -2.41. The van der Waals surface area contributed by atoms with E-state index in [2.05, 4.69) is 10.3 Å². The fraction of sp³-hybridized carbons (Fsp3) is 0.500. The van der Waals surface area contributed by atoms with Crippen LogP contribution in [-0.4, -0.2) is 47.4 Å². The van der Waals surface area contributed by atoms with Crippen LogP contribution in [0.5, 0.6) is 0 Å². The van der Waals surface area contributed by atoms with Crippen LogP contribution in [0.15, 0.2) is 22.6 Å². The standard InChI is InChI=1S/C18H24N4O3/c1-12-5-6-15-14(21-12)10-16(25-15)18(24)22-9-3-2-4-13(22)11-20-17(23)7-8-19/h5-6,10,13H,2-4,7-9,11,19H2,1H3,(H,20,23). The normalized spacial score (nSPS) is 17.7. The van der Waals surface area contributed by atoms with Crippen molar-refractivity contribution in [3.63, 3.8) is 0 Å². The molecule has 7 nitrogen and oxygen atoms in total. The first-order valence-corrected chi connectivity index (χ1v) is 8.73. The van der Waals surface area contributed by atoms with Crippen LogP contribution >= 0.6 is 0 Å². The van der Waals surface area contributed by atoms with E-state index in [0.717, 1.165) is 25.0 Å². The summed E-state index contributed by atoms with van der Waals surface area (Å²) in [5.74, 6) is 0.0746. The van der Waals surface area contributed by atoms with Crippen LogP contribution in [0.3, 0.4) is 0 Å². The fourth-order valence-corrected chi connectivity index (χ4v) is 3.20. The summed E-state index contributed by atoms with van der Waals surface area (Å²) in [6, 6.07) is 5.36. The minimum absolute atomic E-state index is 0.0223. The van der Waals surface area contributed by atoms with E-state index in [9.17, 15) is 9.59 Å². The molecule has 2 amide bonds. The highest BCUT2D eigenvalue weighted by molar-refractivity contribution is 5.95. The highest BCUT2D eigenvalue weighted by Crippen LogP contribution is 2.23. The first-order valence-electron chi connectivity index (χ1n) is 8.73. The van der Waals surface area contributed by atoms with Gasteiger partial charge in [-0.2, -0.15) is 0 Å². The molecule has 2 aromatic heterocycles. The van der Waals surface area contributed by atoms with Crippen LogP contribution in [-0.2, 0) is 4.79 Å². The number of carbonyl (C=O) groups excluding carboxylic acids is 2. The number of nitrogens with two attached hydrogens (primary N) is 1. The van der Waals surface area contributed by atoms with Gasteiger partial charge in [0, 0.05) is 43.9 Å². The topological polar surface area (TPSA) is 101 Å². The lowest BCUT2D eigenvalue weighted by atomic mass is 10.0. The number of amides is 2. The van der Waals surface area contributed by atoms with Gasteiger partial charge in [0.1, 0.15) is 5.52 Å². The Morgan fingerprint density at radius 1 is 1.40 bits per heavy atom. The Labute approximate surface area is 146 Å². The quantitative estimate of drug-likeness (QED) is 0.858. The monoisotopic (exact) mass is 344 g/mol. The van der Waals surface area contributed by atoms with Gasteiger partial charge >= 0.3 is 0 Å². The number of rotatable bonds is 5. The van der Waals surface area contributed by atoms with E-state index in [1.807, 2.05) is 19.1 Å². The number of nitrogens with zero attached hydrogens (tertiary/aromatic N) is 2. The van der Waals surface area contributed by atoms with Crippen LogP contribution in [0.25, 0.3) is 11.1 Å². The summed E-state index contributed by atoms with van der Waals surface area (Å²) in [6.45, 7) is 3.34. The Balaban J connectivity index is 1.74. The Bertz CT molecular complexity index is 771. The number of fused-ring (bicyclic) bond motifs is 1. The average molecular weight is 344 g/mol. The molecule has 2 aromatic rings. The number of likely N-dealkylation sites (tertiary alicyclic amines) is 1. The molecule has 0 radical (unpaired) electrons. The predicted molar refractivity (Wildman–Crippen MR) is 94.1 cm³/mol. The van der Waals surface area contributed by atoms with Gasteiger partial charge in [0.2, 0.25) is 5.91 Å². The zero-order valence-corrected chi connectivity index (χ0v) is 14.5. The van der Waals surface area contributed by atoms with E-state index in [1.165, 1.54) is 0 Å². The fourth-order valence-electron chi connectivity index (χ4n) is 3.20. The Kier molecular flexibility index (Phi) is 5.33. The molecular weight excluding hydrogens is 320 g/mol. The maximum atomic E-state index is 12.9. The molecule has 1 aliphatic rings. The predicted octanol–water partition coefficient (Wildman–Crippen LogP) is 1.60. The number of pyridine rings is 1. The highest BCUT2D eigenvalue weighted by atomic mass is 16.3. The van der Waals surface area contributed by atoms with Gasteiger partial charge in [-0.15, -0.1) is 0 Å². The number of carbonyl (C=O) groups is 2. The molecule has 1 unspecified atom stereocenters. The first kappa shape index (κ1) is 17.4.